The lowest BCUT2D eigenvalue weighted by atomic mass is 10.0. The molecule has 0 aliphatic carbocycles. The molecule has 2 aromatic carbocycles. The molecule has 5 rings (SSSR count). The summed E-state index contributed by atoms with van der Waals surface area (Å²) in [5.74, 6) is 1.34. The van der Waals surface area contributed by atoms with Crippen LogP contribution in [0.5, 0.6) is 0 Å². The number of hydrogen-bond donors (Lipinski definition) is 2. The molecule has 0 fully saturated rings. The smallest absolute Gasteiger partial charge is 0.251 e. The van der Waals surface area contributed by atoms with E-state index < -0.39 is 0 Å². The molecule has 0 saturated heterocycles. The Morgan fingerprint density at radius 1 is 0.909 bits per heavy atom. The van der Waals surface area contributed by atoms with Gasteiger partial charge in [-0.1, -0.05) is 18.2 Å². The number of carbonyl (C=O) groups excluding carboxylic acids is 1. The predicted octanol–water partition coefficient (Wildman–Crippen LogP) is 4.72. The molecule has 0 spiro atoms. The zero-order valence-electron chi connectivity index (χ0n) is 18.1. The average Bonchev–Trinajstić information content (AvgIpc) is 3.36. The number of amides is 1. The maximum absolute atomic E-state index is 11.9. The molecule has 7 nitrogen and oxygen atoms in total. The number of aromatic nitrogens is 4. The summed E-state index contributed by atoms with van der Waals surface area (Å²) in [5.41, 5.74) is 4.92. The van der Waals surface area contributed by atoms with Gasteiger partial charge in [-0.2, -0.15) is 0 Å². The molecule has 0 saturated carbocycles. The molecule has 5 aromatic rings. The van der Waals surface area contributed by atoms with Crippen LogP contribution in [0.4, 0.5) is 11.6 Å². The minimum atomic E-state index is -0.110. The quantitative estimate of drug-likeness (QED) is 0.404. The largest absolute Gasteiger partial charge is 0.361 e. The summed E-state index contributed by atoms with van der Waals surface area (Å²) < 4.78 is 0. The van der Waals surface area contributed by atoms with E-state index in [1.165, 1.54) is 0 Å². The highest BCUT2D eigenvalue weighted by atomic mass is 16.1. The van der Waals surface area contributed by atoms with E-state index in [9.17, 15) is 4.79 Å². The number of fused-ring (bicyclic) bond motifs is 1. The fourth-order valence-electron chi connectivity index (χ4n) is 3.78. The monoisotopic (exact) mass is 434 g/mol. The van der Waals surface area contributed by atoms with Gasteiger partial charge in [0.25, 0.3) is 5.91 Å². The SMILES string of the molecule is CNC(=O)c1ccc(CN(c2cnccn2)c2cc(-c3ccc4[nH]ccc4c3)ccn2)cc1. The third-order valence-electron chi connectivity index (χ3n) is 5.52. The third kappa shape index (κ3) is 4.29. The first-order chi connectivity index (χ1) is 16.2. The van der Waals surface area contributed by atoms with E-state index in [2.05, 4.69) is 55.6 Å². The van der Waals surface area contributed by atoms with Crippen LogP contribution in [0.25, 0.3) is 22.0 Å². The fraction of sp³-hybridized carbons (Fsp3) is 0.0769. The summed E-state index contributed by atoms with van der Waals surface area (Å²) in [5, 5.41) is 3.80. The lowest BCUT2D eigenvalue weighted by molar-refractivity contribution is 0.0963. The van der Waals surface area contributed by atoms with Gasteiger partial charge in [-0.15, -0.1) is 0 Å². The molecule has 1 amide bonds. The van der Waals surface area contributed by atoms with Gasteiger partial charge >= 0.3 is 0 Å². The van der Waals surface area contributed by atoms with Crippen molar-refractivity contribution < 1.29 is 4.79 Å². The Kier molecular flexibility index (Phi) is 5.51. The summed E-state index contributed by atoms with van der Waals surface area (Å²) >= 11 is 0. The first-order valence-corrected chi connectivity index (χ1v) is 10.6. The number of nitrogens with one attached hydrogen (secondary N) is 2. The Morgan fingerprint density at radius 3 is 2.52 bits per heavy atom. The van der Waals surface area contributed by atoms with Crippen LogP contribution in [-0.4, -0.2) is 32.9 Å². The number of rotatable bonds is 6. The van der Waals surface area contributed by atoms with Gasteiger partial charge in [0.15, 0.2) is 5.82 Å². The number of anilines is 2. The first-order valence-electron chi connectivity index (χ1n) is 10.6. The highest BCUT2D eigenvalue weighted by molar-refractivity contribution is 5.94. The number of H-pyrrole nitrogens is 1. The highest BCUT2D eigenvalue weighted by Crippen LogP contribution is 2.29. The second-order valence-electron chi connectivity index (χ2n) is 7.61. The van der Waals surface area contributed by atoms with E-state index in [0.29, 0.717) is 17.9 Å². The number of carbonyl (C=O) groups is 1. The lowest BCUT2D eigenvalue weighted by Crippen LogP contribution is -2.20. The fourth-order valence-corrected chi connectivity index (χ4v) is 3.78. The molecule has 3 aromatic heterocycles. The molecule has 0 atom stereocenters. The van der Waals surface area contributed by atoms with Gasteiger partial charge in [0, 0.05) is 42.9 Å². The summed E-state index contributed by atoms with van der Waals surface area (Å²) in [6.45, 7) is 0.528. The van der Waals surface area contributed by atoms with E-state index in [1.807, 2.05) is 47.6 Å². The van der Waals surface area contributed by atoms with Crippen molar-refractivity contribution in [3.63, 3.8) is 0 Å². The Balaban J connectivity index is 1.50. The van der Waals surface area contributed by atoms with Crippen LogP contribution >= 0.6 is 0 Å². The normalized spacial score (nSPS) is 10.8. The highest BCUT2D eigenvalue weighted by Gasteiger charge is 2.15. The predicted molar refractivity (Wildman–Crippen MR) is 129 cm³/mol. The summed E-state index contributed by atoms with van der Waals surface area (Å²) in [7, 11) is 1.62. The average molecular weight is 435 g/mol. The van der Waals surface area contributed by atoms with Crippen LogP contribution in [0.3, 0.4) is 0 Å². The number of hydrogen-bond acceptors (Lipinski definition) is 5. The van der Waals surface area contributed by atoms with E-state index in [-0.39, 0.29) is 5.91 Å². The topological polar surface area (TPSA) is 86.8 Å². The van der Waals surface area contributed by atoms with Gasteiger partial charge in [0.1, 0.15) is 5.82 Å². The Hall–Kier alpha value is -4.52. The summed E-state index contributed by atoms with van der Waals surface area (Å²) in [6.07, 6.45) is 8.79. The van der Waals surface area contributed by atoms with Gasteiger partial charge in [-0.3, -0.25) is 9.78 Å². The van der Waals surface area contributed by atoms with Crippen molar-refractivity contribution in [2.75, 3.05) is 11.9 Å². The molecule has 0 unspecified atom stereocenters. The van der Waals surface area contributed by atoms with E-state index >= 15 is 0 Å². The van der Waals surface area contributed by atoms with Crippen LogP contribution in [0.15, 0.2) is 91.6 Å². The van der Waals surface area contributed by atoms with Crippen LogP contribution in [0, 0.1) is 0 Å². The van der Waals surface area contributed by atoms with Gasteiger partial charge in [0.05, 0.1) is 12.7 Å². The van der Waals surface area contributed by atoms with Crippen LogP contribution in [0.2, 0.25) is 0 Å². The molecular weight excluding hydrogens is 412 g/mol. The second kappa shape index (κ2) is 8.92. The number of benzene rings is 2. The van der Waals surface area contributed by atoms with Crippen molar-refractivity contribution in [2.45, 2.75) is 6.54 Å². The molecule has 0 bridgehead atoms. The number of aromatic amines is 1. The third-order valence-corrected chi connectivity index (χ3v) is 5.52. The molecule has 162 valence electrons. The molecule has 0 radical (unpaired) electrons. The zero-order chi connectivity index (χ0) is 22.6. The molecule has 33 heavy (non-hydrogen) atoms. The lowest BCUT2D eigenvalue weighted by Gasteiger charge is -2.23. The van der Waals surface area contributed by atoms with Crippen molar-refractivity contribution >= 4 is 28.4 Å². The molecular formula is C26H22N6O. The molecule has 2 N–H and O–H groups in total. The molecule has 3 heterocycles. The Labute approximate surface area is 191 Å². The number of nitrogens with zero attached hydrogens (tertiary/aromatic N) is 4. The van der Waals surface area contributed by atoms with Gasteiger partial charge in [-0.25, -0.2) is 9.97 Å². The van der Waals surface area contributed by atoms with E-state index in [4.69, 9.17) is 0 Å². The molecule has 0 aliphatic heterocycles. The van der Waals surface area contributed by atoms with Crippen molar-refractivity contribution in [1.29, 1.82) is 0 Å². The minimum absolute atomic E-state index is 0.110. The summed E-state index contributed by atoms with van der Waals surface area (Å²) in [4.78, 5) is 30.5. The summed E-state index contributed by atoms with van der Waals surface area (Å²) in [6, 6.07) is 20.0. The zero-order valence-corrected chi connectivity index (χ0v) is 18.1. The van der Waals surface area contributed by atoms with Crippen LogP contribution < -0.4 is 10.2 Å². The first kappa shape index (κ1) is 20.4. The Morgan fingerprint density at radius 2 is 1.73 bits per heavy atom. The van der Waals surface area contributed by atoms with Crippen LogP contribution in [-0.2, 0) is 6.54 Å². The van der Waals surface area contributed by atoms with Gasteiger partial charge in [-0.05, 0) is 64.5 Å². The van der Waals surface area contributed by atoms with E-state index in [1.54, 1.807) is 25.6 Å². The van der Waals surface area contributed by atoms with Gasteiger partial charge in [0.2, 0.25) is 0 Å². The number of pyridine rings is 1. The van der Waals surface area contributed by atoms with Crippen molar-refractivity contribution in [2.24, 2.45) is 0 Å². The van der Waals surface area contributed by atoms with Crippen molar-refractivity contribution in [1.82, 2.24) is 25.3 Å². The van der Waals surface area contributed by atoms with E-state index in [0.717, 1.165) is 33.4 Å². The second-order valence-corrected chi connectivity index (χ2v) is 7.61. The standard InChI is InChI=1S/C26H22N6O/c1-27-26(33)19-4-2-18(3-5-19)17-32(25-16-28-12-13-31-25)24-15-21(8-11-30-24)20-6-7-23-22(14-20)9-10-29-23/h2-16,29H,17H2,1H3,(H,27,33). The molecule has 0 aliphatic rings. The van der Waals surface area contributed by atoms with Crippen LogP contribution in [0.1, 0.15) is 15.9 Å². The Bertz CT molecular complexity index is 1400. The van der Waals surface area contributed by atoms with Crippen molar-refractivity contribution in [3.05, 3.63) is 103 Å². The van der Waals surface area contributed by atoms with Crippen molar-refractivity contribution in [3.8, 4) is 11.1 Å². The maximum Gasteiger partial charge on any atom is 0.251 e. The molecule has 7 heteroatoms. The minimum Gasteiger partial charge on any atom is -0.361 e. The van der Waals surface area contributed by atoms with Gasteiger partial charge < -0.3 is 15.2 Å². The maximum atomic E-state index is 11.9.